The van der Waals surface area contributed by atoms with Gasteiger partial charge < -0.3 is 9.32 Å². The lowest BCUT2D eigenvalue weighted by molar-refractivity contribution is 0.673. The van der Waals surface area contributed by atoms with Gasteiger partial charge in [-0.3, -0.25) is 0 Å². The summed E-state index contributed by atoms with van der Waals surface area (Å²) in [5.41, 5.74) is 17.0. The summed E-state index contributed by atoms with van der Waals surface area (Å²) in [7, 11) is 0. The van der Waals surface area contributed by atoms with Crippen molar-refractivity contribution >= 4 is 70.5 Å². The maximum atomic E-state index is 6.68. The van der Waals surface area contributed by atoms with Gasteiger partial charge in [-0.05, 0) is 116 Å². The fourth-order valence-corrected chi connectivity index (χ4v) is 11.7. The van der Waals surface area contributed by atoms with Gasteiger partial charge in [0, 0.05) is 43.3 Å². The Labute approximate surface area is 375 Å². The minimum absolute atomic E-state index is 0.489. The lowest BCUT2D eigenvalue weighted by Crippen LogP contribution is -2.28. The molecule has 1 aliphatic carbocycles. The molecule has 0 bridgehead atoms. The monoisotopic (exact) mass is 833 g/mol. The summed E-state index contributed by atoms with van der Waals surface area (Å²) in [5, 5.41) is 4.81. The second kappa shape index (κ2) is 14.6. The van der Waals surface area contributed by atoms with E-state index in [0.29, 0.717) is 0 Å². The zero-order valence-corrected chi connectivity index (χ0v) is 35.6. The lowest BCUT2D eigenvalue weighted by atomic mass is 9.67. The summed E-state index contributed by atoms with van der Waals surface area (Å²) in [5.74, 6) is 0. The molecule has 0 fully saturated rings. The van der Waals surface area contributed by atoms with Crippen molar-refractivity contribution in [3.63, 3.8) is 0 Å². The highest BCUT2D eigenvalue weighted by molar-refractivity contribution is 7.26. The molecule has 0 radical (unpaired) electrons. The largest absolute Gasteiger partial charge is 0.455 e. The Kier molecular flexibility index (Phi) is 8.34. The molecule has 0 amide bonds. The van der Waals surface area contributed by atoms with Gasteiger partial charge in [0.2, 0.25) is 0 Å². The quantitative estimate of drug-likeness (QED) is 0.159. The maximum Gasteiger partial charge on any atom is 0.153 e. The maximum absolute atomic E-state index is 6.68. The number of hydrogen-bond acceptors (Lipinski definition) is 3. The summed E-state index contributed by atoms with van der Waals surface area (Å²) in [6.07, 6.45) is 0. The van der Waals surface area contributed by atoms with Crippen LogP contribution in [-0.2, 0) is 5.41 Å². The number of thiophene rings is 1. The molecule has 3 heteroatoms. The standard InChI is InChI=1S/C61H39NOS/c1-4-19-43(20-5-1)61(44-21-6-2-7-22-44)54-28-13-10-25-48(54)49-36-35-47(38-55(49)61)62(45-23-8-3-9-24-45)46-33-31-40(32-34-46)41-17-16-18-42(37-41)52-39-53-50-26-12-15-30-57(50)64-60(53)59-58(52)51-27-11-14-29-56(51)63-59/h1-39H. The molecule has 0 unspecified atom stereocenters. The highest BCUT2D eigenvalue weighted by atomic mass is 32.1. The van der Waals surface area contributed by atoms with Crippen LogP contribution in [0.5, 0.6) is 0 Å². The molecular formula is C61H39NOS. The van der Waals surface area contributed by atoms with Gasteiger partial charge in [-0.2, -0.15) is 0 Å². The second-order valence-corrected chi connectivity index (χ2v) is 17.8. The Hall–Kier alpha value is -7.98. The average molecular weight is 834 g/mol. The summed E-state index contributed by atoms with van der Waals surface area (Å²) < 4.78 is 9.15. The topological polar surface area (TPSA) is 16.4 Å². The van der Waals surface area contributed by atoms with E-state index in [-0.39, 0.29) is 0 Å². The van der Waals surface area contributed by atoms with E-state index in [2.05, 4.69) is 241 Å². The van der Waals surface area contributed by atoms with E-state index in [1.807, 2.05) is 11.3 Å². The van der Waals surface area contributed by atoms with E-state index in [1.54, 1.807) is 0 Å². The van der Waals surface area contributed by atoms with Gasteiger partial charge in [-0.15, -0.1) is 11.3 Å². The van der Waals surface area contributed by atoms with Crippen molar-refractivity contribution in [3.8, 4) is 33.4 Å². The first-order valence-electron chi connectivity index (χ1n) is 21.9. The Morgan fingerprint density at radius 3 is 1.77 bits per heavy atom. The van der Waals surface area contributed by atoms with E-state index < -0.39 is 5.41 Å². The van der Waals surface area contributed by atoms with E-state index in [9.17, 15) is 0 Å². The number of para-hydroxylation sites is 2. The Balaban J connectivity index is 0.943. The van der Waals surface area contributed by atoms with Gasteiger partial charge in [0.05, 0.1) is 10.1 Å². The zero-order chi connectivity index (χ0) is 42.2. The number of benzene rings is 10. The van der Waals surface area contributed by atoms with Crippen LogP contribution in [0.25, 0.3) is 75.5 Å². The van der Waals surface area contributed by atoms with E-state index in [0.717, 1.165) is 44.7 Å². The van der Waals surface area contributed by atoms with Crippen molar-refractivity contribution in [2.75, 3.05) is 4.90 Å². The molecule has 0 saturated carbocycles. The Bertz CT molecular complexity index is 3680. The normalized spacial score (nSPS) is 12.8. The molecule has 1 aliphatic rings. The van der Waals surface area contributed by atoms with Crippen LogP contribution in [0.4, 0.5) is 17.1 Å². The highest BCUT2D eigenvalue weighted by Crippen LogP contribution is 2.57. The predicted octanol–water partition coefficient (Wildman–Crippen LogP) is 17.1. The Morgan fingerprint density at radius 2 is 0.984 bits per heavy atom. The fourth-order valence-electron chi connectivity index (χ4n) is 10.6. The molecule has 0 aliphatic heterocycles. The highest BCUT2D eigenvalue weighted by Gasteiger charge is 2.46. The van der Waals surface area contributed by atoms with Gasteiger partial charge >= 0.3 is 0 Å². The van der Waals surface area contributed by atoms with E-state index >= 15 is 0 Å². The summed E-state index contributed by atoms with van der Waals surface area (Å²) >= 11 is 1.81. The minimum atomic E-state index is -0.489. The van der Waals surface area contributed by atoms with Gasteiger partial charge in [0.1, 0.15) is 5.58 Å². The van der Waals surface area contributed by atoms with Crippen LogP contribution in [0, 0.1) is 0 Å². The van der Waals surface area contributed by atoms with Crippen LogP contribution in [0.15, 0.2) is 241 Å². The second-order valence-electron chi connectivity index (χ2n) is 16.8. The molecule has 10 aromatic carbocycles. The number of furan rings is 1. The molecule has 2 aromatic heterocycles. The first-order valence-corrected chi connectivity index (χ1v) is 22.7. The van der Waals surface area contributed by atoms with E-state index in [1.165, 1.54) is 70.1 Å². The smallest absolute Gasteiger partial charge is 0.153 e. The molecule has 0 spiro atoms. The van der Waals surface area contributed by atoms with Crippen LogP contribution < -0.4 is 4.90 Å². The number of fused-ring (bicyclic) bond motifs is 10. The predicted molar refractivity (Wildman–Crippen MR) is 269 cm³/mol. The van der Waals surface area contributed by atoms with Gasteiger partial charge in [-0.1, -0.05) is 176 Å². The van der Waals surface area contributed by atoms with Crippen LogP contribution in [-0.4, -0.2) is 0 Å². The molecule has 0 saturated heterocycles. The van der Waals surface area contributed by atoms with Crippen LogP contribution in [0.3, 0.4) is 0 Å². The molecule has 13 rings (SSSR count). The van der Waals surface area contributed by atoms with Crippen molar-refractivity contribution < 1.29 is 4.42 Å². The molecule has 2 heterocycles. The number of hydrogen-bond donors (Lipinski definition) is 0. The third-order valence-electron chi connectivity index (χ3n) is 13.3. The van der Waals surface area contributed by atoms with Crippen LogP contribution in [0.1, 0.15) is 22.3 Å². The third kappa shape index (κ3) is 5.51. The van der Waals surface area contributed by atoms with Gasteiger partial charge in [0.25, 0.3) is 0 Å². The molecule has 0 atom stereocenters. The zero-order valence-electron chi connectivity index (χ0n) is 34.8. The summed E-state index contributed by atoms with van der Waals surface area (Å²) in [6, 6.07) is 86.4. The van der Waals surface area contributed by atoms with Crippen molar-refractivity contribution in [2.24, 2.45) is 0 Å². The van der Waals surface area contributed by atoms with Gasteiger partial charge in [0.15, 0.2) is 5.58 Å². The average Bonchev–Trinajstić information content (AvgIpc) is 4.04. The lowest BCUT2D eigenvalue weighted by Gasteiger charge is -2.35. The molecule has 12 aromatic rings. The number of rotatable bonds is 7. The Morgan fingerprint density at radius 1 is 0.375 bits per heavy atom. The van der Waals surface area contributed by atoms with Crippen LogP contribution in [0.2, 0.25) is 0 Å². The molecule has 2 nitrogen and oxygen atoms in total. The third-order valence-corrected chi connectivity index (χ3v) is 14.5. The fraction of sp³-hybridized carbons (Fsp3) is 0.0164. The molecular weight excluding hydrogens is 795 g/mol. The molecule has 300 valence electrons. The van der Waals surface area contributed by atoms with Crippen molar-refractivity contribution in [3.05, 3.63) is 259 Å². The molecule has 64 heavy (non-hydrogen) atoms. The summed E-state index contributed by atoms with van der Waals surface area (Å²) in [4.78, 5) is 2.39. The summed E-state index contributed by atoms with van der Waals surface area (Å²) in [6.45, 7) is 0. The van der Waals surface area contributed by atoms with Crippen molar-refractivity contribution in [1.29, 1.82) is 0 Å². The minimum Gasteiger partial charge on any atom is -0.455 e. The molecule has 0 N–H and O–H groups in total. The SMILES string of the molecule is c1ccc(N(c2ccc(-c3cccc(-c4cc5c6ccccc6sc5c5oc6ccccc6c45)c3)cc2)c2ccc3c(c2)C(c2ccccc2)(c2ccccc2)c2ccccc2-3)cc1. The first-order chi connectivity index (χ1) is 31.7. The van der Waals surface area contributed by atoms with E-state index in [4.69, 9.17) is 4.42 Å². The number of anilines is 3. The van der Waals surface area contributed by atoms with Crippen LogP contribution >= 0.6 is 11.3 Å². The number of nitrogens with zero attached hydrogens (tertiary/aromatic N) is 1. The first kappa shape index (κ1) is 36.7. The van der Waals surface area contributed by atoms with Crippen molar-refractivity contribution in [2.45, 2.75) is 5.41 Å². The van der Waals surface area contributed by atoms with Crippen molar-refractivity contribution in [1.82, 2.24) is 0 Å². The van der Waals surface area contributed by atoms with Gasteiger partial charge in [-0.25, -0.2) is 0 Å².